The van der Waals surface area contributed by atoms with Crippen LogP contribution >= 0.6 is 0 Å². The van der Waals surface area contributed by atoms with E-state index in [2.05, 4.69) is 36.8 Å². The molecule has 0 saturated heterocycles. The van der Waals surface area contributed by atoms with Gasteiger partial charge in [-0.1, -0.05) is 42.0 Å². The standard InChI is InChI=1S/C21H16N6O/c1-12-6-8-17-15(10-12)19-20(23-17)24-21(27-25-19)26-22-11-16-14-5-3-2-4-13(14)7-9-18(16)28/h2-11,28H,1H3,(H2,23,24,26,27). The van der Waals surface area contributed by atoms with Gasteiger partial charge in [0.25, 0.3) is 5.95 Å². The minimum Gasteiger partial charge on any atom is -0.507 e. The minimum atomic E-state index is 0.157. The lowest BCUT2D eigenvalue weighted by atomic mass is 10.0. The van der Waals surface area contributed by atoms with E-state index in [-0.39, 0.29) is 11.7 Å². The molecule has 2 heterocycles. The molecule has 0 aliphatic heterocycles. The molecule has 5 aromatic rings. The summed E-state index contributed by atoms with van der Waals surface area (Å²) in [6.45, 7) is 2.03. The van der Waals surface area contributed by atoms with Gasteiger partial charge in [0.2, 0.25) is 0 Å². The molecule has 3 N–H and O–H groups in total. The first-order valence-electron chi connectivity index (χ1n) is 8.81. The molecule has 7 nitrogen and oxygen atoms in total. The van der Waals surface area contributed by atoms with Gasteiger partial charge in [-0.2, -0.15) is 10.1 Å². The van der Waals surface area contributed by atoms with Crippen LogP contribution < -0.4 is 5.43 Å². The molecule has 0 spiro atoms. The van der Waals surface area contributed by atoms with E-state index in [1.807, 2.05) is 49.4 Å². The molecule has 0 unspecified atom stereocenters. The van der Waals surface area contributed by atoms with Crippen molar-refractivity contribution in [2.75, 3.05) is 5.43 Å². The normalized spacial score (nSPS) is 11.8. The number of nitrogens with zero attached hydrogens (tertiary/aromatic N) is 4. The smallest absolute Gasteiger partial charge is 0.265 e. The Morgan fingerprint density at radius 2 is 1.93 bits per heavy atom. The predicted molar refractivity (Wildman–Crippen MR) is 111 cm³/mol. The van der Waals surface area contributed by atoms with Crippen molar-refractivity contribution in [1.29, 1.82) is 0 Å². The number of nitrogens with one attached hydrogen (secondary N) is 2. The zero-order valence-corrected chi connectivity index (χ0v) is 15.0. The van der Waals surface area contributed by atoms with Crippen LogP contribution in [-0.2, 0) is 0 Å². The fraction of sp³-hybridized carbons (Fsp3) is 0.0476. The van der Waals surface area contributed by atoms with Gasteiger partial charge in [-0.3, -0.25) is 0 Å². The van der Waals surface area contributed by atoms with Crippen LogP contribution in [0, 0.1) is 6.92 Å². The molecule has 0 saturated carbocycles. The van der Waals surface area contributed by atoms with Crippen LogP contribution in [0.3, 0.4) is 0 Å². The number of rotatable bonds is 3. The topological polar surface area (TPSA) is 99.1 Å². The lowest BCUT2D eigenvalue weighted by Crippen LogP contribution is -1.99. The Hall–Kier alpha value is -4.00. The first-order chi connectivity index (χ1) is 13.7. The quantitative estimate of drug-likeness (QED) is 0.329. The number of benzene rings is 3. The van der Waals surface area contributed by atoms with Crippen LogP contribution in [0.4, 0.5) is 5.95 Å². The second kappa shape index (κ2) is 6.31. The van der Waals surface area contributed by atoms with Gasteiger partial charge in [0.05, 0.1) is 6.21 Å². The molecule has 0 fully saturated rings. The van der Waals surface area contributed by atoms with E-state index in [1.165, 1.54) is 0 Å². The summed E-state index contributed by atoms with van der Waals surface area (Å²) in [5, 5.41) is 25.7. The molecule has 136 valence electrons. The molecule has 2 aromatic heterocycles. The number of hydrazone groups is 1. The van der Waals surface area contributed by atoms with Gasteiger partial charge in [-0.25, -0.2) is 5.43 Å². The van der Waals surface area contributed by atoms with Gasteiger partial charge in [0, 0.05) is 16.5 Å². The summed E-state index contributed by atoms with van der Waals surface area (Å²) < 4.78 is 0. The number of fused-ring (bicyclic) bond motifs is 4. The summed E-state index contributed by atoms with van der Waals surface area (Å²) in [5.41, 5.74) is 6.89. The van der Waals surface area contributed by atoms with E-state index in [4.69, 9.17) is 0 Å². The molecule has 5 rings (SSSR count). The Morgan fingerprint density at radius 1 is 1.04 bits per heavy atom. The van der Waals surface area contributed by atoms with Crippen molar-refractivity contribution in [3.8, 4) is 5.75 Å². The van der Waals surface area contributed by atoms with Crippen LogP contribution in [0.2, 0.25) is 0 Å². The average Bonchev–Trinajstić information content (AvgIpc) is 3.06. The maximum Gasteiger partial charge on any atom is 0.265 e. The molecule has 0 amide bonds. The van der Waals surface area contributed by atoms with E-state index in [9.17, 15) is 5.11 Å². The number of aryl methyl sites for hydroxylation is 1. The lowest BCUT2D eigenvalue weighted by molar-refractivity contribution is 0.475. The number of phenols is 1. The highest BCUT2D eigenvalue weighted by Crippen LogP contribution is 2.26. The van der Waals surface area contributed by atoms with E-state index >= 15 is 0 Å². The summed E-state index contributed by atoms with van der Waals surface area (Å²) >= 11 is 0. The molecular weight excluding hydrogens is 352 g/mol. The van der Waals surface area contributed by atoms with E-state index in [1.54, 1.807) is 12.3 Å². The molecule has 7 heteroatoms. The number of hydrogen-bond acceptors (Lipinski definition) is 6. The highest BCUT2D eigenvalue weighted by molar-refractivity contribution is 6.04. The zero-order chi connectivity index (χ0) is 19.1. The molecule has 0 atom stereocenters. The molecular formula is C21H16N6O. The average molecular weight is 368 g/mol. The number of anilines is 1. The summed E-state index contributed by atoms with van der Waals surface area (Å²) in [7, 11) is 0. The Kier molecular flexibility index (Phi) is 3.65. The first-order valence-corrected chi connectivity index (χ1v) is 8.81. The number of H-pyrrole nitrogens is 1. The SMILES string of the molecule is Cc1ccc2[nH]c3nc(NN=Cc4c(O)ccc5ccccc45)nnc3c2c1. The third-order valence-electron chi connectivity index (χ3n) is 4.68. The summed E-state index contributed by atoms with van der Waals surface area (Å²) in [4.78, 5) is 7.68. The Bertz CT molecular complexity index is 1370. The van der Waals surface area contributed by atoms with Gasteiger partial charge in [-0.15, -0.1) is 10.2 Å². The monoisotopic (exact) mass is 368 g/mol. The van der Waals surface area contributed by atoms with Crippen LogP contribution in [0.15, 0.2) is 59.7 Å². The summed E-state index contributed by atoms with van der Waals surface area (Å²) in [5.74, 6) is 0.427. The Morgan fingerprint density at radius 3 is 2.86 bits per heavy atom. The highest BCUT2D eigenvalue weighted by atomic mass is 16.3. The summed E-state index contributed by atoms with van der Waals surface area (Å²) in [6, 6.07) is 17.4. The first kappa shape index (κ1) is 16.2. The Balaban J connectivity index is 1.48. The van der Waals surface area contributed by atoms with Crippen molar-refractivity contribution < 1.29 is 5.11 Å². The fourth-order valence-corrected chi connectivity index (χ4v) is 3.31. The van der Waals surface area contributed by atoms with Crippen LogP contribution in [0.5, 0.6) is 5.75 Å². The Labute approximate surface area is 159 Å². The number of hydrogen-bond donors (Lipinski definition) is 3. The minimum absolute atomic E-state index is 0.157. The van der Waals surface area contributed by atoms with Gasteiger partial charge in [-0.05, 0) is 35.9 Å². The second-order valence-electron chi connectivity index (χ2n) is 6.60. The third kappa shape index (κ3) is 2.69. The van der Waals surface area contributed by atoms with Crippen LogP contribution in [0.1, 0.15) is 11.1 Å². The molecule has 28 heavy (non-hydrogen) atoms. The van der Waals surface area contributed by atoms with Crippen LogP contribution in [-0.4, -0.2) is 31.5 Å². The maximum atomic E-state index is 10.2. The van der Waals surface area contributed by atoms with Gasteiger partial charge >= 0.3 is 0 Å². The highest BCUT2D eigenvalue weighted by Gasteiger charge is 2.09. The van der Waals surface area contributed by atoms with Crippen molar-refractivity contribution in [3.05, 3.63) is 65.7 Å². The van der Waals surface area contributed by atoms with Crippen molar-refractivity contribution >= 4 is 45.0 Å². The van der Waals surface area contributed by atoms with Crippen molar-refractivity contribution in [2.45, 2.75) is 6.92 Å². The second-order valence-corrected chi connectivity index (χ2v) is 6.60. The van der Waals surface area contributed by atoms with Crippen molar-refractivity contribution in [1.82, 2.24) is 20.2 Å². The zero-order valence-electron chi connectivity index (χ0n) is 15.0. The third-order valence-corrected chi connectivity index (χ3v) is 4.68. The number of aromatic hydroxyl groups is 1. The van der Waals surface area contributed by atoms with Gasteiger partial charge < -0.3 is 10.1 Å². The maximum absolute atomic E-state index is 10.2. The number of aromatic amines is 1. The van der Waals surface area contributed by atoms with E-state index in [0.29, 0.717) is 11.2 Å². The number of aromatic nitrogens is 4. The van der Waals surface area contributed by atoms with Crippen LogP contribution in [0.25, 0.3) is 32.8 Å². The molecule has 0 aliphatic rings. The van der Waals surface area contributed by atoms with Crippen molar-refractivity contribution in [2.24, 2.45) is 5.10 Å². The van der Waals surface area contributed by atoms with E-state index < -0.39 is 0 Å². The van der Waals surface area contributed by atoms with Gasteiger partial charge in [0.15, 0.2) is 5.65 Å². The number of phenolic OH excluding ortho intramolecular Hbond substituents is 1. The molecule has 0 bridgehead atoms. The van der Waals surface area contributed by atoms with E-state index in [0.717, 1.165) is 32.8 Å². The van der Waals surface area contributed by atoms with Gasteiger partial charge in [0.1, 0.15) is 11.3 Å². The molecule has 3 aromatic carbocycles. The molecule has 0 radical (unpaired) electrons. The fourth-order valence-electron chi connectivity index (χ4n) is 3.31. The molecule has 0 aliphatic carbocycles. The summed E-state index contributed by atoms with van der Waals surface area (Å²) in [6.07, 6.45) is 1.56. The lowest BCUT2D eigenvalue weighted by Gasteiger charge is -2.04. The largest absolute Gasteiger partial charge is 0.507 e. The van der Waals surface area contributed by atoms with Crippen molar-refractivity contribution in [3.63, 3.8) is 0 Å². The predicted octanol–water partition coefficient (Wildman–Crippen LogP) is 4.12.